The number of benzene rings is 3. The van der Waals surface area contributed by atoms with Crippen LogP contribution in [0.5, 0.6) is 0 Å². The van der Waals surface area contributed by atoms with E-state index in [1.807, 2.05) is 38.1 Å². The number of nitrogens with zero attached hydrogens (tertiary/aromatic N) is 3. The predicted molar refractivity (Wildman–Crippen MR) is 154 cm³/mol. The molecular formula is C33H25F2N3OS. The van der Waals surface area contributed by atoms with E-state index in [0.717, 1.165) is 57.9 Å². The minimum atomic E-state index is -0.353. The number of fused-ring (bicyclic) bond motifs is 3. The summed E-state index contributed by atoms with van der Waals surface area (Å²) in [7, 11) is 0. The summed E-state index contributed by atoms with van der Waals surface area (Å²) in [5.41, 5.74) is 8.81. The summed E-state index contributed by atoms with van der Waals surface area (Å²) in [6.45, 7) is 3.99. The Kier molecular flexibility index (Phi) is 5.78. The topological polar surface area (TPSA) is 39.3 Å². The van der Waals surface area contributed by atoms with Crippen molar-refractivity contribution in [2.45, 2.75) is 32.7 Å². The fraction of sp³-hybridized carbons (Fsp3) is 0.152. The Morgan fingerprint density at radius 1 is 0.925 bits per heavy atom. The molecule has 3 aromatic carbocycles. The molecule has 0 amide bonds. The van der Waals surface area contributed by atoms with Crippen molar-refractivity contribution in [1.29, 1.82) is 0 Å². The van der Waals surface area contributed by atoms with Gasteiger partial charge in [0, 0.05) is 22.6 Å². The maximum Gasteiger partial charge on any atom is 0.271 e. The third kappa shape index (κ3) is 3.92. The Labute approximate surface area is 233 Å². The summed E-state index contributed by atoms with van der Waals surface area (Å²) in [4.78, 5) is 19.7. The lowest BCUT2D eigenvalue weighted by Gasteiger charge is -2.30. The van der Waals surface area contributed by atoms with Crippen LogP contribution in [-0.2, 0) is 6.42 Å². The molecule has 40 heavy (non-hydrogen) atoms. The molecule has 3 heterocycles. The molecule has 0 bridgehead atoms. The lowest BCUT2D eigenvalue weighted by atomic mass is 9.83. The summed E-state index contributed by atoms with van der Waals surface area (Å²) in [6.07, 6.45) is 3.56. The molecule has 0 unspecified atom stereocenters. The van der Waals surface area contributed by atoms with Gasteiger partial charge in [0.25, 0.3) is 5.56 Å². The van der Waals surface area contributed by atoms with Crippen LogP contribution in [0.25, 0.3) is 17.5 Å². The van der Waals surface area contributed by atoms with Crippen LogP contribution in [0.2, 0.25) is 0 Å². The van der Waals surface area contributed by atoms with E-state index in [9.17, 15) is 13.6 Å². The molecule has 0 radical (unpaired) electrons. The minimum Gasteiger partial charge on any atom is -0.318 e. The smallest absolute Gasteiger partial charge is 0.271 e. The maximum atomic E-state index is 14.0. The van der Waals surface area contributed by atoms with E-state index in [-0.39, 0.29) is 23.2 Å². The van der Waals surface area contributed by atoms with E-state index in [1.165, 1.54) is 41.2 Å². The van der Waals surface area contributed by atoms with Crippen molar-refractivity contribution >= 4 is 23.1 Å². The summed E-state index contributed by atoms with van der Waals surface area (Å²) >= 11 is 1.37. The molecule has 7 heteroatoms. The van der Waals surface area contributed by atoms with Crippen LogP contribution in [0.1, 0.15) is 46.1 Å². The van der Waals surface area contributed by atoms with E-state index < -0.39 is 0 Å². The zero-order valence-corrected chi connectivity index (χ0v) is 22.8. The Balaban J connectivity index is 1.43. The quantitative estimate of drug-likeness (QED) is 0.272. The SMILES string of the molecule is Cc1cc(/C=c2/sc3n(c2=O)[C@@H](c2ccc(F)cc2)C2=C(N=3)c3ccccc3CC2)c(C)n1-c1ccc(F)cc1. The molecule has 0 saturated carbocycles. The highest BCUT2D eigenvalue weighted by Crippen LogP contribution is 2.41. The van der Waals surface area contributed by atoms with Crippen molar-refractivity contribution in [2.75, 3.05) is 0 Å². The first-order valence-electron chi connectivity index (χ1n) is 13.2. The first kappa shape index (κ1) is 24.7. The summed E-state index contributed by atoms with van der Waals surface area (Å²) in [6, 6.07) is 22.8. The Hall–Kier alpha value is -4.36. The van der Waals surface area contributed by atoms with Crippen molar-refractivity contribution in [3.05, 3.63) is 149 Å². The van der Waals surface area contributed by atoms with Gasteiger partial charge in [-0.15, -0.1) is 0 Å². The molecule has 0 spiro atoms. The molecule has 1 atom stereocenters. The number of halogens is 2. The van der Waals surface area contributed by atoms with Gasteiger partial charge in [-0.25, -0.2) is 13.8 Å². The zero-order valence-electron chi connectivity index (χ0n) is 22.0. The molecule has 1 aliphatic heterocycles. The highest BCUT2D eigenvalue weighted by Gasteiger charge is 2.32. The third-order valence-electron chi connectivity index (χ3n) is 7.90. The predicted octanol–water partition coefficient (Wildman–Crippen LogP) is 6.00. The van der Waals surface area contributed by atoms with Gasteiger partial charge < -0.3 is 4.57 Å². The highest BCUT2D eigenvalue weighted by molar-refractivity contribution is 7.07. The third-order valence-corrected chi connectivity index (χ3v) is 8.88. The Bertz CT molecular complexity index is 2010. The van der Waals surface area contributed by atoms with Crippen LogP contribution in [0.4, 0.5) is 8.78 Å². The van der Waals surface area contributed by atoms with Gasteiger partial charge in [-0.1, -0.05) is 47.7 Å². The number of allylic oxidation sites excluding steroid dienone is 1. The first-order valence-corrected chi connectivity index (χ1v) is 14.0. The molecule has 2 aliphatic rings. The average Bonchev–Trinajstić information content (AvgIpc) is 3.42. The molecule has 7 rings (SSSR count). The van der Waals surface area contributed by atoms with Crippen molar-refractivity contribution in [1.82, 2.24) is 9.13 Å². The average molecular weight is 550 g/mol. The fourth-order valence-corrected chi connectivity index (χ4v) is 7.02. The van der Waals surface area contributed by atoms with Crippen LogP contribution < -0.4 is 14.9 Å². The van der Waals surface area contributed by atoms with Gasteiger partial charge in [0.1, 0.15) is 11.6 Å². The van der Waals surface area contributed by atoms with Gasteiger partial charge >= 0.3 is 0 Å². The van der Waals surface area contributed by atoms with Crippen molar-refractivity contribution in [2.24, 2.45) is 4.99 Å². The first-order chi connectivity index (χ1) is 19.4. The van der Waals surface area contributed by atoms with Gasteiger partial charge in [-0.3, -0.25) is 9.36 Å². The highest BCUT2D eigenvalue weighted by atomic mass is 32.1. The lowest BCUT2D eigenvalue weighted by Crippen LogP contribution is -2.38. The van der Waals surface area contributed by atoms with Gasteiger partial charge in [0.15, 0.2) is 4.80 Å². The molecule has 0 saturated heterocycles. The van der Waals surface area contributed by atoms with Gasteiger partial charge in [0.2, 0.25) is 0 Å². The standard InChI is InChI=1S/C33H25F2N3OS/c1-19-17-23(20(2)37(19)26-14-12-25(35)13-15-26)18-29-32(39)38-31(22-7-10-24(34)11-8-22)28-16-9-21-5-3-4-6-27(21)30(28)36-33(38)40-29/h3-8,10-15,17-18,31H,9,16H2,1-2H3/b29-18+/t31-/m0/s1. The number of hydrogen-bond donors (Lipinski definition) is 0. The van der Waals surface area contributed by atoms with Gasteiger partial charge in [-0.2, -0.15) is 0 Å². The second kappa shape index (κ2) is 9.38. The van der Waals surface area contributed by atoms with Crippen LogP contribution in [0, 0.1) is 25.5 Å². The molecule has 0 N–H and O–H groups in total. The van der Waals surface area contributed by atoms with E-state index in [2.05, 4.69) is 16.7 Å². The number of hydrogen-bond acceptors (Lipinski definition) is 3. The fourth-order valence-electron chi connectivity index (χ4n) is 6.03. The van der Waals surface area contributed by atoms with Crippen LogP contribution in [0.3, 0.4) is 0 Å². The second-order valence-electron chi connectivity index (χ2n) is 10.3. The van der Waals surface area contributed by atoms with Crippen LogP contribution in [-0.4, -0.2) is 9.13 Å². The molecular weight excluding hydrogens is 524 g/mol. The number of thiazole rings is 1. The molecule has 2 aromatic heterocycles. The van der Waals surface area contributed by atoms with Crippen LogP contribution in [0.15, 0.2) is 94.2 Å². The monoisotopic (exact) mass is 549 g/mol. The van der Waals surface area contributed by atoms with E-state index in [1.54, 1.807) is 28.8 Å². The normalized spacial score (nSPS) is 16.4. The molecule has 5 aromatic rings. The van der Waals surface area contributed by atoms with Crippen molar-refractivity contribution in [3.63, 3.8) is 0 Å². The zero-order chi connectivity index (χ0) is 27.5. The number of aryl methyl sites for hydroxylation is 2. The van der Waals surface area contributed by atoms with Gasteiger partial charge in [-0.05, 0) is 97.5 Å². The number of aromatic nitrogens is 2. The molecule has 198 valence electrons. The van der Waals surface area contributed by atoms with Crippen LogP contribution >= 0.6 is 11.3 Å². The second-order valence-corrected chi connectivity index (χ2v) is 11.3. The molecule has 0 fully saturated rings. The lowest BCUT2D eigenvalue weighted by molar-refractivity contribution is 0.581. The Morgan fingerprint density at radius 3 is 2.38 bits per heavy atom. The Morgan fingerprint density at radius 2 is 1.62 bits per heavy atom. The van der Waals surface area contributed by atoms with E-state index in [0.29, 0.717) is 9.33 Å². The van der Waals surface area contributed by atoms with E-state index >= 15 is 0 Å². The largest absolute Gasteiger partial charge is 0.318 e. The summed E-state index contributed by atoms with van der Waals surface area (Å²) in [5.74, 6) is -0.593. The van der Waals surface area contributed by atoms with Crippen molar-refractivity contribution in [3.8, 4) is 5.69 Å². The minimum absolute atomic E-state index is 0.116. The summed E-state index contributed by atoms with van der Waals surface area (Å²) in [5, 5.41) is 0. The number of rotatable bonds is 3. The van der Waals surface area contributed by atoms with Gasteiger partial charge in [0.05, 0.1) is 16.3 Å². The summed E-state index contributed by atoms with van der Waals surface area (Å²) < 4.78 is 31.8. The van der Waals surface area contributed by atoms with Crippen molar-refractivity contribution < 1.29 is 8.78 Å². The molecule has 4 nitrogen and oxygen atoms in total. The van der Waals surface area contributed by atoms with E-state index in [4.69, 9.17) is 4.99 Å². The molecule has 1 aliphatic carbocycles. The maximum absolute atomic E-state index is 14.0.